The summed E-state index contributed by atoms with van der Waals surface area (Å²) < 4.78 is 5.35. The summed E-state index contributed by atoms with van der Waals surface area (Å²) >= 11 is 1.57. The van der Waals surface area contributed by atoms with Gasteiger partial charge in [-0.05, 0) is 44.7 Å². The first-order valence-corrected chi connectivity index (χ1v) is 8.10. The minimum atomic E-state index is -0.655. The molecule has 2 N–H and O–H groups in total. The Bertz CT molecular complexity index is 478. The van der Waals surface area contributed by atoms with Gasteiger partial charge in [0, 0.05) is 23.7 Å². The van der Waals surface area contributed by atoms with Gasteiger partial charge in [0.25, 0.3) is 0 Å². The highest BCUT2D eigenvalue weighted by Crippen LogP contribution is 2.18. The molecule has 0 unspecified atom stereocenters. The Labute approximate surface area is 129 Å². The van der Waals surface area contributed by atoms with E-state index in [0.29, 0.717) is 25.3 Å². The maximum atomic E-state index is 11.7. The van der Waals surface area contributed by atoms with E-state index < -0.39 is 11.8 Å². The van der Waals surface area contributed by atoms with E-state index in [9.17, 15) is 9.59 Å². The van der Waals surface area contributed by atoms with Gasteiger partial charge in [0.05, 0.1) is 6.10 Å². The molecule has 5 nitrogen and oxygen atoms in total. The average Bonchev–Trinajstić information content (AvgIpc) is 2.46. The van der Waals surface area contributed by atoms with Crippen molar-refractivity contribution in [1.29, 1.82) is 0 Å². The lowest BCUT2D eigenvalue weighted by molar-refractivity contribution is -0.136. The van der Waals surface area contributed by atoms with Gasteiger partial charge < -0.3 is 15.4 Å². The fourth-order valence-electron chi connectivity index (χ4n) is 1.56. The Morgan fingerprint density at radius 1 is 1.29 bits per heavy atom. The maximum absolute atomic E-state index is 11.7. The van der Waals surface area contributed by atoms with Crippen LogP contribution in [0.15, 0.2) is 29.2 Å². The molecule has 0 saturated carbocycles. The van der Waals surface area contributed by atoms with Gasteiger partial charge in [0.15, 0.2) is 0 Å². The van der Waals surface area contributed by atoms with E-state index in [1.165, 1.54) is 0 Å². The maximum Gasteiger partial charge on any atom is 0.313 e. The highest BCUT2D eigenvalue weighted by molar-refractivity contribution is 7.98. The lowest BCUT2D eigenvalue weighted by Gasteiger charge is -2.09. The summed E-state index contributed by atoms with van der Waals surface area (Å²) in [6.07, 6.45) is 2.80. The topological polar surface area (TPSA) is 67.4 Å². The van der Waals surface area contributed by atoms with Crippen LogP contribution < -0.4 is 10.6 Å². The van der Waals surface area contributed by atoms with Crippen LogP contribution >= 0.6 is 11.8 Å². The van der Waals surface area contributed by atoms with Crippen molar-refractivity contribution in [2.75, 3.05) is 24.7 Å². The van der Waals surface area contributed by atoms with Crippen molar-refractivity contribution in [2.45, 2.75) is 31.3 Å². The molecule has 21 heavy (non-hydrogen) atoms. The summed E-state index contributed by atoms with van der Waals surface area (Å²) in [5, 5.41) is 5.15. The van der Waals surface area contributed by atoms with E-state index >= 15 is 0 Å². The molecule has 6 heteroatoms. The number of hydrogen-bond donors (Lipinski definition) is 2. The van der Waals surface area contributed by atoms with Crippen LogP contribution in [-0.2, 0) is 14.3 Å². The molecule has 0 heterocycles. The molecule has 0 atom stereocenters. The molecule has 0 spiro atoms. The molecule has 0 aliphatic rings. The van der Waals surface area contributed by atoms with Gasteiger partial charge in [-0.2, -0.15) is 0 Å². The molecular formula is C15H22N2O3S. The van der Waals surface area contributed by atoms with Crippen LogP contribution in [0.2, 0.25) is 0 Å². The van der Waals surface area contributed by atoms with Gasteiger partial charge in [-0.15, -0.1) is 11.8 Å². The second kappa shape index (κ2) is 9.41. The van der Waals surface area contributed by atoms with Gasteiger partial charge in [0.2, 0.25) is 0 Å². The van der Waals surface area contributed by atoms with Crippen molar-refractivity contribution in [2.24, 2.45) is 0 Å². The molecule has 1 rings (SSSR count). The number of hydrogen-bond acceptors (Lipinski definition) is 4. The summed E-state index contributed by atoms with van der Waals surface area (Å²) in [6, 6.07) is 7.35. The molecular weight excluding hydrogens is 288 g/mol. The Morgan fingerprint density at radius 2 is 2.05 bits per heavy atom. The summed E-state index contributed by atoms with van der Waals surface area (Å²) in [4.78, 5) is 24.4. The zero-order valence-corrected chi connectivity index (χ0v) is 13.5. The lowest BCUT2D eigenvalue weighted by atomic mass is 10.3. The van der Waals surface area contributed by atoms with Crippen molar-refractivity contribution < 1.29 is 14.3 Å². The number of benzene rings is 1. The van der Waals surface area contributed by atoms with Crippen molar-refractivity contribution >= 4 is 29.3 Å². The molecule has 0 aromatic heterocycles. The van der Waals surface area contributed by atoms with E-state index in [0.717, 1.165) is 4.90 Å². The van der Waals surface area contributed by atoms with Crippen molar-refractivity contribution in [3.8, 4) is 0 Å². The Kier molecular flexibility index (Phi) is 7.85. The number of rotatable bonds is 7. The number of amides is 2. The van der Waals surface area contributed by atoms with E-state index in [1.54, 1.807) is 17.8 Å². The van der Waals surface area contributed by atoms with E-state index in [-0.39, 0.29) is 6.10 Å². The quantitative estimate of drug-likeness (QED) is 0.460. The van der Waals surface area contributed by atoms with Crippen LogP contribution in [0.4, 0.5) is 5.69 Å². The van der Waals surface area contributed by atoms with Crippen LogP contribution in [0.25, 0.3) is 0 Å². The van der Waals surface area contributed by atoms with Crippen LogP contribution in [0.5, 0.6) is 0 Å². The summed E-state index contributed by atoms with van der Waals surface area (Å²) in [7, 11) is 0. The lowest BCUT2D eigenvalue weighted by Crippen LogP contribution is -2.36. The molecule has 0 saturated heterocycles. The third-order valence-corrected chi connectivity index (χ3v) is 3.32. The number of anilines is 1. The van der Waals surface area contributed by atoms with Gasteiger partial charge >= 0.3 is 11.8 Å². The first-order valence-electron chi connectivity index (χ1n) is 6.87. The number of nitrogens with one attached hydrogen (secondary N) is 2. The number of ether oxygens (including phenoxy) is 1. The van der Waals surface area contributed by atoms with Gasteiger partial charge in [-0.3, -0.25) is 9.59 Å². The molecule has 0 aliphatic carbocycles. The fraction of sp³-hybridized carbons (Fsp3) is 0.467. The third-order valence-electron chi connectivity index (χ3n) is 2.59. The predicted molar refractivity (Wildman–Crippen MR) is 85.6 cm³/mol. The molecule has 1 aromatic carbocycles. The number of thioether (sulfide) groups is 1. The first kappa shape index (κ1) is 17.5. The van der Waals surface area contributed by atoms with Crippen LogP contribution in [-0.4, -0.2) is 37.3 Å². The molecule has 2 amide bonds. The minimum absolute atomic E-state index is 0.174. The van der Waals surface area contributed by atoms with Crippen LogP contribution in [0.3, 0.4) is 0 Å². The Hall–Kier alpha value is -1.53. The zero-order valence-electron chi connectivity index (χ0n) is 12.6. The van der Waals surface area contributed by atoms with E-state index in [1.807, 2.05) is 38.3 Å². The largest absolute Gasteiger partial charge is 0.379 e. The standard InChI is InChI=1S/C15H22N2O3S/c1-11(2)20-9-5-8-16-14(18)15(19)17-12-6-4-7-13(10-12)21-3/h4,6-7,10-11H,5,8-9H2,1-3H3,(H,16,18)(H,17,19). The minimum Gasteiger partial charge on any atom is -0.379 e. The van der Waals surface area contributed by atoms with Gasteiger partial charge in [0.1, 0.15) is 0 Å². The Morgan fingerprint density at radius 3 is 2.71 bits per heavy atom. The highest BCUT2D eigenvalue weighted by atomic mass is 32.2. The molecule has 0 fully saturated rings. The normalized spacial score (nSPS) is 10.5. The van der Waals surface area contributed by atoms with Crippen molar-refractivity contribution in [3.63, 3.8) is 0 Å². The molecule has 0 bridgehead atoms. The summed E-state index contributed by atoms with van der Waals surface area (Å²) in [5.41, 5.74) is 0.616. The summed E-state index contributed by atoms with van der Waals surface area (Å²) in [6.45, 7) is 4.89. The van der Waals surface area contributed by atoms with Gasteiger partial charge in [-0.1, -0.05) is 6.07 Å². The van der Waals surface area contributed by atoms with Crippen molar-refractivity contribution in [3.05, 3.63) is 24.3 Å². The number of carbonyl (C=O) groups excluding carboxylic acids is 2. The second-order valence-corrected chi connectivity index (χ2v) is 5.59. The molecule has 0 aliphatic heterocycles. The van der Waals surface area contributed by atoms with Gasteiger partial charge in [-0.25, -0.2) is 0 Å². The average molecular weight is 310 g/mol. The third kappa shape index (κ3) is 7.15. The smallest absolute Gasteiger partial charge is 0.313 e. The number of carbonyl (C=O) groups is 2. The van der Waals surface area contributed by atoms with Crippen LogP contribution in [0, 0.1) is 0 Å². The van der Waals surface area contributed by atoms with Crippen molar-refractivity contribution in [1.82, 2.24) is 5.32 Å². The molecule has 1 aromatic rings. The molecule has 0 radical (unpaired) electrons. The molecule has 116 valence electrons. The van der Waals surface area contributed by atoms with E-state index in [2.05, 4.69) is 10.6 Å². The first-order chi connectivity index (χ1) is 10.0. The summed E-state index contributed by atoms with van der Waals surface area (Å²) in [5.74, 6) is -1.29. The monoisotopic (exact) mass is 310 g/mol. The predicted octanol–water partition coefficient (Wildman–Crippen LogP) is 2.28. The SMILES string of the molecule is CSc1cccc(NC(=O)C(=O)NCCCOC(C)C)c1. The second-order valence-electron chi connectivity index (χ2n) is 4.72. The van der Waals surface area contributed by atoms with E-state index in [4.69, 9.17) is 4.74 Å². The Balaban J connectivity index is 2.32. The zero-order chi connectivity index (χ0) is 15.7. The highest BCUT2D eigenvalue weighted by Gasteiger charge is 2.13. The van der Waals surface area contributed by atoms with Crippen LogP contribution in [0.1, 0.15) is 20.3 Å². The fourth-order valence-corrected chi connectivity index (χ4v) is 2.02.